The van der Waals surface area contributed by atoms with Gasteiger partial charge in [0, 0.05) is 18.7 Å². The molecule has 8 nitrogen and oxygen atoms in total. The van der Waals surface area contributed by atoms with Gasteiger partial charge in [0.1, 0.15) is 18.3 Å². The minimum absolute atomic E-state index is 0.117. The van der Waals surface area contributed by atoms with Crippen LogP contribution in [0.4, 0.5) is 5.69 Å². The Morgan fingerprint density at radius 2 is 1.81 bits per heavy atom. The van der Waals surface area contributed by atoms with Crippen molar-refractivity contribution in [1.29, 1.82) is 0 Å². The van der Waals surface area contributed by atoms with Gasteiger partial charge < -0.3 is 15.0 Å². The molecule has 0 aromatic heterocycles. The van der Waals surface area contributed by atoms with Crippen molar-refractivity contribution in [2.45, 2.75) is 64.6 Å². The van der Waals surface area contributed by atoms with Gasteiger partial charge in [0.2, 0.25) is 21.8 Å². The van der Waals surface area contributed by atoms with E-state index in [0.717, 1.165) is 47.4 Å². The Kier molecular flexibility index (Phi) is 9.37. The molecule has 1 atom stereocenters. The van der Waals surface area contributed by atoms with Crippen LogP contribution in [0.15, 0.2) is 48.5 Å². The zero-order valence-electron chi connectivity index (χ0n) is 21.6. The van der Waals surface area contributed by atoms with Crippen molar-refractivity contribution < 1.29 is 22.7 Å². The van der Waals surface area contributed by atoms with E-state index in [4.69, 9.17) is 4.74 Å². The van der Waals surface area contributed by atoms with Crippen LogP contribution in [0.3, 0.4) is 0 Å². The second-order valence-corrected chi connectivity index (χ2v) is 11.2. The summed E-state index contributed by atoms with van der Waals surface area (Å²) in [6.07, 6.45) is 5.51. The lowest BCUT2D eigenvalue weighted by atomic mass is 10.1. The van der Waals surface area contributed by atoms with Gasteiger partial charge in [0.05, 0.1) is 19.1 Å². The van der Waals surface area contributed by atoms with Crippen LogP contribution in [0.5, 0.6) is 5.75 Å². The second-order valence-electron chi connectivity index (χ2n) is 9.33. The number of methoxy groups -OCH3 is 1. The lowest BCUT2D eigenvalue weighted by molar-refractivity contribution is -0.140. The highest BCUT2D eigenvalue weighted by Crippen LogP contribution is 2.25. The molecule has 1 aliphatic carbocycles. The molecule has 0 bridgehead atoms. The fraction of sp³-hybridized carbons (Fsp3) is 0.481. The Bertz CT molecular complexity index is 1160. The standard InChI is InChI=1S/C27H37N3O5S/c1-5-25(27(32)28-22-13-8-9-14-22)29(18-21-12-7-6-11-20(21)2)26(31)19-30(36(4,33)34)23-15-10-16-24(17-23)35-3/h6-7,10-12,15-17,22,25H,5,8-9,13-14,18-19H2,1-4H3,(H,28,32)/t25-/m1/s1. The molecule has 0 radical (unpaired) electrons. The SMILES string of the molecule is CC[C@H](C(=O)NC1CCCC1)N(Cc1ccccc1C)C(=O)CN(c1cccc(OC)c1)S(C)(=O)=O. The summed E-state index contributed by atoms with van der Waals surface area (Å²) < 4.78 is 31.8. The molecule has 1 N–H and O–H groups in total. The first kappa shape index (κ1) is 27.5. The Morgan fingerprint density at radius 1 is 1.11 bits per heavy atom. The van der Waals surface area contributed by atoms with Crippen LogP contribution in [-0.4, -0.2) is 57.1 Å². The van der Waals surface area contributed by atoms with Crippen LogP contribution in [0, 0.1) is 6.92 Å². The molecule has 0 saturated heterocycles. The fourth-order valence-electron chi connectivity index (χ4n) is 4.64. The number of ether oxygens (including phenoxy) is 1. The van der Waals surface area contributed by atoms with Gasteiger partial charge in [-0.2, -0.15) is 0 Å². The first-order chi connectivity index (χ1) is 17.1. The van der Waals surface area contributed by atoms with E-state index in [0.29, 0.717) is 17.9 Å². The number of amides is 2. The number of carbonyl (C=O) groups excluding carboxylic acids is 2. The van der Waals surface area contributed by atoms with Crippen molar-refractivity contribution in [3.63, 3.8) is 0 Å². The molecule has 0 unspecified atom stereocenters. The number of anilines is 1. The smallest absolute Gasteiger partial charge is 0.244 e. The van der Waals surface area contributed by atoms with Crippen molar-refractivity contribution in [2.24, 2.45) is 0 Å². The van der Waals surface area contributed by atoms with Gasteiger partial charge in [-0.25, -0.2) is 8.42 Å². The van der Waals surface area contributed by atoms with Crippen LogP contribution in [0.1, 0.15) is 50.2 Å². The van der Waals surface area contributed by atoms with Crippen molar-refractivity contribution >= 4 is 27.5 Å². The Hall–Kier alpha value is -3.07. The molecule has 9 heteroatoms. The number of nitrogens with zero attached hydrogens (tertiary/aromatic N) is 2. The van der Waals surface area contributed by atoms with Gasteiger partial charge in [0.25, 0.3) is 0 Å². The van der Waals surface area contributed by atoms with Gasteiger partial charge in [0.15, 0.2) is 0 Å². The number of sulfonamides is 1. The highest BCUT2D eigenvalue weighted by molar-refractivity contribution is 7.92. The monoisotopic (exact) mass is 515 g/mol. The van der Waals surface area contributed by atoms with Gasteiger partial charge in [-0.05, 0) is 49.4 Å². The predicted octanol–water partition coefficient (Wildman–Crippen LogP) is 3.64. The van der Waals surface area contributed by atoms with Gasteiger partial charge in [-0.1, -0.05) is 50.1 Å². The number of nitrogens with one attached hydrogen (secondary N) is 1. The summed E-state index contributed by atoms with van der Waals surface area (Å²) >= 11 is 0. The van der Waals surface area contributed by atoms with Gasteiger partial charge in [-0.3, -0.25) is 13.9 Å². The first-order valence-electron chi connectivity index (χ1n) is 12.4. The number of carbonyl (C=O) groups is 2. The molecule has 2 amide bonds. The van der Waals surface area contributed by atoms with E-state index in [1.165, 1.54) is 12.0 Å². The fourth-order valence-corrected chi connectivity index (χ4v) is 5.48. The summed E-state index contributed by atoms with van der Waals surface area (Å²) in [7, 11) is -2.30. The highest BCUT2D eigenvalue weighted by Gasteiger charge is 2.33. The summed E-state index contributed by atoms with van der Waals surface area (Å²) in [5.41, 5.74) is 2.23. The van der Waals surface area contributed by atoms with Crippen LogP contribution < -0.4 is 14.4 Å². The van der Waals surface area contributed by atoms with Gasteiger partial charge >= 0.3 is 0 Å². The predicted molar refractivity (Wildman–Crippen MR) is 141 cm³/mol. The summed E-state index contributed by atoms with van der Waals surface area (Å²) in [5, 5.41) is 3.11. The second kappa shape index (κ2) is 12.3. The third-order valence-electron chi connectivity index (χ3n) is 6.71. The molecule has 36 heavy (non-hydrogen) atoms. The van der Waals surface area contributed by atoms with E-state index in [2.05, 4.69) is 5.32 Å². The van der Waals surface area contributed by atoms with E-state index in [-0.39, 0.29) is 18.5 Å². The molecule has 0 spiro atoms. The minimum Gasteiger partial charge on any atom is -0.497 e. The molecule has 196 valence electrons. The average molecular weight is 516 g/mol. The van der Waals surface area contributed by atoms with Crippen molar-refractivity contribution in [1.82, 2.24) is 10.2 Å². The van der Waals surface area contributed by atoms with E-state index in [9.17, 15) is 18.0 Å². The molecule has 1 saturated carbocycles. The number of hydrogen-bond acceptors (Lipinski definition) is 5. The summed E-state index contributed by atoms with van der Waals surface area (Å²) in [4.78, 5) is 28.6. The quantitative estimate of drug-likeness (QED) is 0.493. The molecule has 1 aliphatic rings. The highest BCUT2D eigenvalue weighted by atomic mass is 32.2. The Morgan fingerprint density at radius 3 is 2.42 bits per heavy atom. The van der Waals surface area contributed by atoms with Crippen molar-refractivity contribution in [3.8, 4) is 5.75 Å². The summed E-state index contributed by atoms with van der Waals surface area (Å²) in [5.74, 6) is -0.161. The third-order valence-corrected chi connectivity index (χ3v) is 7.85. The lowest BCUT2D eigenvalue weighted by Crippen LogP contribution is -2.53. The van der Waals surface area contributed by atoms with Crippen LogP contribution in [0.25, 0.3) is 0 Å². The number of aryl methyl sites for hydroxylation is 1. The van der Waals surface area contributed by atoms with Crippen LogP contribution in [0.2, 0.25) is 0 Å². The average Bonchev–Trinajstić information content (AvgIpc) is 3.35. The molecule has 2 aromatic carbocycles. The number of benzene rings is 2. The molecular weight excluding hydrogens is 478 g/mol. The van der Waals surface area contributed by atoms with Crippen LogP contribution >= 0.6 is 0 Å². The molecule has 1 fully saturated rings. The molecular formula is C27H37N3O5S. The molecule has 2 aromatic rings. The van der Waals surface area contributed by atoms with Gasteiger partial charge in [-0.15, -0.1) is 0 Å². The Balaban J connectivity index is 1.94. The van der Waals surface area contributed by atoms with E-state index >= 15 is 0 Å². The normalized spacial score (nSPS) is 14.8. The number of hydrogen-bond donors (Lipinski definition) is 1. The lowest BCUT2D eigenvalue weighted by Gasteiger charge is -2.33. The third kappa shape index (κ3) is 7.00. The first-order valence-corrected chi connectivity index (χ1v) is 14.2. The van der Waals surface area contributed by atoms with Crippen LogP contribution in [-0.2, 0) is 26.2 Å². The maximum Gasteiger partial charge on any atom is 0.244 e. The molecule has 0 aliphatic heterocycles. The van der Waals surface area contributed by atoms with E-state index in [1.807, 2.05) is 38.1 Å². The van der Waals surface area contributed by atoms with Crippen molar-refractivity contribution in [3.05, 3.63) is 59.7 Å². The topological polar surface area (TPSA) is 96.0 Å². The maximum absolute atomic E-state index is 13.8. The molecule has 3 rings (SSSR count). The number of rotatable bonds is 11. The van der Waals surface area contributed by atoms with E-state index < -0.39 is 28.5 Å². The zero-order valence-corrected chi connectivity index (χ0v) is 22.4. The summed E-state index contributed by atoms with van der Waals surface area (Å²) in [6, 6.07) is 13.7. The van der Waals surface area contributed by atoms with Crippen molar-refractivity contribution in [2.75, 3.05) is 24.2 Å². The zero-order chi connectivity index (χ0) is 26.3. The minimum atomic E-state index is -3.79. The maximum atomic E-state index is 13.8. The summed E-state index contributed by atoms with van der Waals surface area (Å²) in [6.45, 7) is 3.60. The van der Waals surface area contributed by atoms with E-state index in [1.54, 1.807) is 24.3 Å². The largest absolute Gasteiger partial charge is 0.497 e. The molecule has 0 heterocycles. The Labute approximate surface area is 214 Å².